The van der Waals surface area contributed by atoms with Crippen LogP contribution in [0.25, 0.3) is 0 Å². The molecule has 0 amide bonds. The van der Waals surface area contributed by atoms with Crippen molar-refractivity contribution < 1.29 is 4.39 Å². The lowest BCUT2D eigenvalue weighted by Gasteiger charge is -1.96. The van der Waals surface area contributed by atoms with Gasteiger partial charge in [-0.1, -0.05) is 19.1 Å². The van der Waals surface area contributed by atoms with Crippen LogP contribution in [0.2, 0.25) is 0 Å². The largest absolute Gasteiger partial charge is 0.247 e. The monoisotopic (exact) mass is 116 g/mol. The maximum atomic E-state index is 12.3. The predicted octanol–water partition coefficient (Wildman–Crippen LogP) is 2.70. The molecule has 0 aliphatic carbocycles. The Kier molecular flexibility index (Phi) is 4.62. The first kappa shape index (κ1) is 7.67. The van der Waals surface area contributed by atoms with Crippen molar-refractivity contribution in [2.24, 2.45) is 0 Å². The smallest absolute Gasteiger partial charge is 0.103 e. The van der Waals surface area contributed by atoms with E-state index < -0.39 is 6.17 Å². The third kappa shape index (κ3) is 3.85. The molecule has 0 rings (SSSR count). The highest BCUT2D eigenvalue weighted by atomic mass is 19.1. The molecule has 0 aliphatic rings. The number of alkyl halides is 1. The summed E-state index contributed by atoms with van der Waals surface area (Å²) in [5.74, 6) is 0. The van der Waals surface area contributed by atoms with Crippen LogP contribution in [0.3, 0.4) is 0 Å². The Hall–Kier alpha value is -0.330. The second-order valence-corrected chi connectivity index (χ2v) is 1.81. The summed E-state index contributed by atoms with van der Waals surface area (Å²) in [5.41, 5.74) is 0. The van der Waals surface area contributed by atoms with Crippen molar-refractivity contribution in [3.63, 3.8) is 0 Å². The molecule has 0 nitrogen and oxygen atoms in total. The topological polar surface area (TPSA) is 0 Å². The summed E-state index contributed by atoms with van der Waals surface area (Å²) < 4.78 is 12.3. The molecular formula is C7H13F. The first-order valence-corrected chi connectivity index (χ1v) is 3.06. The van der Waals surface area contributed by atoms with Crippen LogP contribution in [-0.4, -0.2) is 6.17 Å². The Balaban J connectivity index is 3.10. The molecule has 0 fully saturated rings. The normalized spacial score (nSPS) is 14.9. The van der Waals surface area contributed by atoms with Gasteiger partial charge >= 0.3 is 0 Å². The quantitative estimate of drug-likeness (QED) is 0.497. The Morgan fingerprint density at radius 3 is 2.62 bits per heavy atom. The zero-order valence-electron chi connectivity index (χ0n) is 5.52. The van der Waals surface area contributed by atoms with Crippen LogP contribution in [0.1, 0.15) is 26.7 Å². The molecule has 0 saturated heterocycles. The van der Waals surface area contributed by atoms with Gasteiger partial charge in [0.25, 0.3) is 0 Å². The highest BCUT2D eigenvalue weighted by molar-refractivity contribution is 4.79. The lowest BCUT2D eigenvalue weighted by molar-refractivity contribution is 0.327. The number of halogens is 1. The molecule has 0 aromatic carbocycles. The molecule has 0 heterocycles. The fraction of sp³-hybridized carbons (Fsp3) is 0.714. The number of rotatable bonds is 3. The fourth-order valence-corrected chi connectivity index (χ4v) is 0.450. The van der Waals surface area contributed by atoms with E-state index in [4.69, 9.17) is 0 Å². The third-order valence-electron chi connectivity index (χ3n) is 1.07. The molecule has 1 unspecified atom stereocenters. The Labute approximate surface area is 50.4 Å². The molecule has 8 heavy (non-hydrogen) atoms. The minimum absolute atomic E-state index is 0.576. The average molecular weight is 116 g/mol. The van der Waals surface area contributed by atoms with Crippen LogP contribution >= 0.6 is 0 Å². The molecule has 0 bridgehead atoms. The molecule has 1 heteroatoms. The van der Waals surface area contributed by atoms with E-state index in [1.807, 2.05) is 26.0 Å². The van der Waals surface area contributed by atoms with Gasteiger partial charge in [-0.15, -0.1) is 0 Å². The molecule has 0 aromatic heterocycles. The van der Waals surface area contributed by atoms with E-state index in [9.17, 15) is 4.39 Å². The molecule has 1 atom stereocenters. The molecule has 0 N–H and O–H groups in total. The van der Waals surface area contributed by atoms with Crippen LogP contribution in [-0.2, 0) is 0 Å². The number of hydrogen-bond acceptors (Lipinski definition) is 0. The molecule has 0 spiro atoms. The van der Waals surface area contributed by atoms with Gasteiger partial charge in [0.15, 0.2) is 0 Å². The molecule has 0 aromatic rings. The van der Waals surface area contributed by atoms with Gasteiger partial charge in [0.1, 0.15) is 6.17 Å². The van der Waals surface area contributed by atoms with Crippen LogP contribution in [0, 0.1) is 0 Å². The number of allylic oxidation sites excluding steroid dienone is 2. The van der Waals surface area contributed by atoms with Crippen molar-refractivity contribution in [1.29, 1.82) is 0 Å². The molecule has 0 aliphatic heterocycles. The van der Waals surface area contributed by atoms with Crippen LogP contribution in [0.4, 0.5) is 4.39 Å². The van der Waals surface area contributed by atoms with Gasteiger partial charge in [0.05, 0.1) is 0 Å². The predicted molar refractivity (Wildman–Crippen MR) is 34.6 cm³/mol. The fourth-order valence-electron chi connectivity index (χ4n) is 0.450. The SMILES string of the molecule is C/C=C/CC(F)CC. The minimum Gasteiger partial charge on any atom is -0.247 e. The van der Waals surface area contributed by atoms with Crippen molar-refractivity contribution in [3.05, 3.63) is 12.2 Å². The summed E-state index contributed by atoms with van der Waals surface area (Å²) in [6.45, 7) is 3.76. The van der Waals surface area contributed by atoms with Gasteiger partial charge in [-0.2, -0.15) is 0 Å². The summed E-state index contributed by atoms with van der Waals surface area (Å²) in [4.78, 5) is 0. The zero-order valence-corrected chi connectivity index (χ0v) is 5.52. The van der Waals surface area contributed by atoms with E-state index in [1.54, 1.807) is 0 Å². The second kappa shape index (κ2) is 4.82. The van der Waals surface area contributed by atoms with Crippen LogP contribution < -0.4 is 0 Å². The van der Waals surface area contributed by atoms with Crippen molar-refractivity contribution in [2.75, 3.05) is 0 Å². The molecular weight excluding hydrogens is 103 g/mol. The highest BCUT2D eigenvalue weighted by Crippen LogP contribution is 2.02. The van der Waals surface area contributed by atoms with E-state index in [-0.39, 0.29) is 0 Å². The summed E-state index contributed by atoms with van der Waals surface area (Å²) >= 11 is 0. The lowest BCUT2D eigenvalue weighted by Crippen LogP contribution is -1.93. The van der Waals surface area contributed by atoms with Crippen molar-refractivity contribution >= 4 is 0 Å². The maximum Gasteiger partial charge on any atom is 0.103 e. The standard InChI is InChI=1S/C7H13F/c1-3-5-6-7(8)4-2/h3,5,7H,4,6H2,1-2H3/b5-3+. The summed E-state index contributed by atoms with van der Waals surface area (Å²) in [7, 11) is 0. The molecule has 48 valence electrons. The van der Waals surface area contributed by atoms with E-state index in [0.29, 0.717) is 12.8 Å². The third-order valence-corrected chi connectivity index (χ3v) is 1.07. The summed E-state index contributed by atoms with van der Waals surface area (Å²) in [5, 5.41) is 0. The van der Waals surface area contributed by atoms with Gasteiger partial charge in [-0.3, -0.25) is 0 Å². The van der Waals surface area contributed by atoms with Crippen LogP contribution in [0.15, 0.2) is 12.2 Å². The number of hydrogen-bond donors (Lipinski definition) is 0. The second-order valence-electron chi connectivity index (χ2n) is 1.81. The van der Waals surface area contributed by atoms with Crippen molar-refractivity contribution in [2.45, 2.75) is 32.9 Å². The first-order chi connectivity index (χ1) is 3.81. The Morgan fingerprint density at radius 1 is 1.62 bits per heavy atom. The minimum atomic E-state index is -0.633. The van der Waals surface area contributed by atoms with E-state index in [1.165, 1.54) is 0 Å². The summed E-state index contributed by atoms with van der Waals surface area (Å²) in [6.07, 6.45) is 4.31. The van der Waals surface area contributed by atoms with Gasteiger partial charge in [0.2, 0.25) is 0 Å². The lowest BCUT2D eigenvalue weighted by atomic mass is 10.2. The molecule has 0 radical (unpaired) electrons. The van der Waals surface area contributed by atoms with Gasteiger partial charge in [-0.05, 0) is 19.8 Å². The van der Waals surface area contributed by atoms with Gasteiger partial charge in [-0.25, -0.2) is 4.39 Å². The van der Waals surface area contributed by atoms with E-state index in [2.05, 4.69) is 0 Å². The maximum absolute atomic E-state index is 12.3. The van der Waals surface area contributed by atoms with Gasteiger partial charge < -0.3 is 0 Å². The van der Waals surface area contributed by atoms with E-state index in [0.717, 1.165) is 0 Å². The first-order valence-electron chi connectivity index (χ1n) is 3.06. The Bertz CT molecular complexity index is 66.8. The summed E-state index contributed by atoms with van der Waals surface area (Å²) in [6, 6.07) is 0. The van der Waals surface area contributed by atoms with E-state index >= 15 is 0 Å². The van der Waals surface area contributed by atoms with Crippen molar-refractivity contribution in [1.82, 2.24) is 0 Å². The van der Waals surface area contributed by atoms with Crippen LogP contribution in [0.5, 0.6) is 0 Å². The van der Waals surface area contributed by atoms with Crippen molar-refractivity contribution in [3.8, 4) is 0 Å². The average Bonchev–Trinajstić information content (AvgIpc) is 1.83. The molecule has 0 saturated carbocycles. The van der Waals surface area contributed by atoms with Gasteiger partial charge in [0, 0.05) is 0 Å². The zero-order chi connectivity index (χ0) is 6.41. The Morgan fingerprint density at radius 2 is 2.25 bits per heavy atom. The highest BCUT2D eigenvalue weighted by Gasteiger charge is 1.96.